The molecule has 1 N–H and O–H groups in total. The van der Waals surface area contributed by atoms with Crippen LogP contribution in [-0.2, 0) is 6.54 Å². The Bertz CT molecular complexity index is 342. The van der Waals surface area contributed by atoms with Gasteiger partial charge in [-0.05, 0) is 39.8 Å². The third-order valence-electron chi connectivity index (χ3n) is 3.70. The summed E-state index contributed by atoms with van der Waals surface area (Å²) in [7, 11) is 0. The number of rotatable bonds is 4. The third kappa shape index (κ3) is 3.07. The van der Waals surface area contributed by atoms with E-state index in [0.717, 1.165) is 24.5 Å². The van der Waals surface area contributed by atoms with E-state index in [2.05, 4.69) is 22.3 Å². The normalized spacial score (nSPS) is 21.9. The maximum atomic E-state index is 5.18. The van der Waals surface area contributed by atoms with E-state index in [9.17, 15) is 0 Å². The molecule has 1 saturated heterocycles. The van der Waals surface area contributed by atoms with E-state index in [1.165, 1.54) is 31.5 Å². The molecular formula is C13H23N3O. The first-order chi connectivity index (χ1) is 8.20. The van der Waals surface area contributed by atoms with Crippen LogP contribution in [0.25, 0.3) is 0 Å². The summed E-state index contributed by atoms with van der Waals surface area (Å²) in [6.07, 6.45) is 2.58. The smallest absolute Gasteiger partial charge is 0.138 e. The van der Waals surface area contributed by atoms with Crippen LogP contribution in [0.1, 0.15) is 36.8 Å². The van der Waals surface area contributed by atoms with Crippen molar-refractivity contribution in [1.82, 2.24) is 15.4 Å². The van der Waals surface area contributed by atoms with Gasteiger partial charge in [-0.25, -0.2) is 0 Å². The lowest BCUT2D eigenvalue weighted by Crippen LogP contribution is -2.45. The summed E-state index contributed by atoms with van der Waals surface area (Å²) < 4.78 is 5.18. The fraction of sp³-hybridized carbons (Fsp3) is 0.769. The van der Waals surface area contributed by atoms with E-state index < -0.39 is 0 Å². The lowest BCUT2D eigenvalue weighted by atomic mass is 10.1. The Morgan fingerprint density at radius 2 is 2.29 bits per heavy atom. The molecule has 1 aromatic heterocycles. The van der Waals surface area contributed by atoms with Crippen LogP contribution in [0.15, 0.2) is 4.52 Å². The molecule has 1 aromatic rings. The van der Waals surface area contributed by atoms with Gasteiger partial charge in [-0.1, -0.05) is 12.1 Å². The predicted molar refractivity (Wildman–Crippen MR) is 68.0 cm³/mol. The maximum absolute atomic E-state index is 5.18. The van der Waals surface area contributed by atoms with Gasteiger partial charge in [-0.2, -0.15) is 0 Å². The van der Waals surface area contributed by atoms with Crippen LogP contribution in [0.5, 0.6) is 0 Å². The fourth-order valence-corrected chi connectivity index (χ4v) is 2.51. The molecule has 0 saturated carbocycles. The largest absolute Gasteiger partial charge is 0.361 e. The molecule has 0 aliphatic carbocycles. The lowest BCUT2D eigenvalue weighted by molar-refractivity contribution is 0.198. The van der Waals surface area contributed by atoms with Gasteiger partial charge in [0, 0.05) is 24.7 Å². The van der Waals surface area contributed by atoms with Gasteiger partial charge < -0.3 is 14.7 Å². The molecule has 0 bridgehead atoms. The summed E-state index contributed by atoms with van der Waals surface area (Å²) >= 11 is 0. The molecule has 4 heteroatoms. The molecule has 0 amide bonds. The number of hydrogen-bond donors (Lipinski definition) is 1. The molecule has 0 aromatic carbocycles. The molecule has 2 rings (SSSR count). The van der Waals surface area contributed by atoms with Crippen LogP contribution in [0.2, 0.25) is 0 Å². The molecule has 1 aliphatic rings. The molecule has 1 aliphatic heterocycles. The topological polar surface area (TPSA) is 41.3 Å². The Morgan fingerprint density at radius 3 is 2.94 bits per heavy atom. The second kappa shape index (κ2) is 5.65. The minimum atomic E-state index is 0.609. The van der Waals surface area contributed by atoms with Crippen LogP contribution in [-0.4, -0.2) is 35.7 Å². The first-order valence-electron chi connectivity index (χ1n) is 6.58. The highest BCUT2D eigenvalue weighted by Gasteiger charge is 2.19. The fourth-order valence-electron chi connectivity index (χ4n) is 2.51. The summed E-state index contributed by atoms with van der Waals surface area (Å²) in [6.45, 7) is 10.7. The van der Waals surface area contributed by atoms with Gasteiger partial charge in [0.05, 0.1) is 5.69 Å². The van der Waals surface area contributed by atoms with Crippen molar-refractivity contribution in [2.24, 2.45) is 0 Å². The quantitative estimate of drug-likeness (QED) is 0.868. The Balaban J connectivity index is 1.86. The maximum Gasteiger partial charge on any atom is 0.138 e. The van der Waals surface area contributed by atoms with E-state index in [0.29, 0.717) is 6.04 Å². The molecule has 1 unspecified atom stereocenters. The van der Waals surface area contributed by atoms with E-state index in [1.807, 2.05) is 13.8 Å². The Labute approximate surface area is 103 Å². The lowest BCUT2D eigenvalue weighted by Gasteiger charge is -2.32. The molecule has 2 heterocycles. The first kappa shape index (κ1) is 12.6. The Kier molecular flexibility index (Phi) is 4.18. The van der Waals surface area contributed by atoms with E-state index in [4.69, 9.17) is 4.52 Å². The highest BCUT2D eigenvalue weighted by atomic mass is 16.5. The summed E-state index contributed by atoms with van der Waals surface area (Å²) in [5.74, 6) is 0.943. The summed E-state index contributed by atoms with van der Waals surface area (Å²) in [5.41, 5.74) is 2.23. The second-order valence-electron chi connectivity index (χ2n) is 4.92. The zero-order chi connectivity index (χ0) is 12.3. The zero-order valence-corrected chi connectivity index (χ0v) is 11.1. The van der Waals surface area contributed by atoms with Gasteiger partial charge in [0.2, 0.25) is 0 Å². The molecule has 0 radical (unpaired) electrons. The van der Waals surface area contributed by atoms with Crippen molar-refractivity contribution in [3.8, 4) is 0 Å². The summed E-state index contributed by atoms with van der Waals surface area (Å²) in [4.78, 5) is 2.51. The van der Waals surface area contributed by atoms with Crippen LogP contribution >= 0.6 is 0 Å². The van der Waals surface area contributed by atoms with Gasteiger partial charge in [0.1, 0.15) is 5.76 Å². The standard InChI is InChI=1S/C13H23N3O/c1-4-16-7-5-6-12(9-16)14-8-13-10(2)15-17-11(13)3/h12,14H,4-9H2,1-3H3. The number of nitrogens with one attached hydrogen (secondary N) is 1. The van der Waals surface area contributed by atoms with Crippen molar-refractivity contribution in [3.05, 3.63) is 17.0 Å². The highest BCUT2D eigenvalue weighted by Crippen LogP contribution is 2.14. The summed E-state index contributed by atoms with van der Waals surface area (Å²) in [5, 5.41) is 7.61. The second-order valence-corrected chi connectivity index (χ2v) is 4.92. The SMILES string of the molecule is CCN1CCCC(NCc2c(C)noc2C)C1. The van der Waals surface area contributed by atoms with Crippen molar-refractivity contribution >= 4 is 0 Å². The molecule has 4 nitrogen and oxygen atoms in total. The van der Waals surface area contributed by atoms with Gasteiger partial charge in [0.15, 0.2) is 0 Å². The predicted octanol–water partition coefficient (Wildman–Crippen LogP) is 1.87. The van der Waals surface area contributed by atoms with Crippen molar-refractivity contribution in [2.75, 3.05) is 19.6 Å². The number of hydrogen-bond acceptors (Lipinski definition) is 4. The van der Waals surface area contributed by atoms with Crippen LogP contribution in [0.3, 0.4) is 0 Å². The molecule has 1 fully saturated rings. The highest BCUT2D eigenvalue weighted by molar-refractivity contribution is 5.20. The summed E-state index contributed by atoms with van der Waals surface area (Å²) in [6, 6.07) is 0.609. The number of nitrogens with zero attached hydrogens (tertiary/aromatic N) is 2. The monoisotopic (exact) mass is 237 g/mol. The van der Waals surface area contributed by atoms with Gasteiger partial charge in [-0.3, -0.25) is 0 Å². The van der Waals surface area contributed by atoms with Crippen molar-refractivity contribution in [2.45, 2.75) is 46.2 Å². The Hall–Kier alpha value is -0.870. The van der Waals surface area contributed by atoms with E-state index in [1.54, 1.807) is 0 Å². The zero-order valence-electron chi connectivity index (χ0n) is 11.1. The number of likely N-dealkylation sites (N-methyl/N-ethyl adjacent to an activating group) is 1. The van der Waals surface area contributed by atoms with Gasteiger partial charge >= 0.3 is 0 Å². The molecule has 96 valence electrons. The number of likely N-dealkylation sites (tertiary alicyclic amines) is 1. The average molecular weight is 237 g/mol. The van der Waals surface area contributed by atoms with Crippen molar-refractivity contribution in [1.29, 1.82) is 0 Å². The minimum Gasteiger partial charge on any atom is -0.361 e. The van der Waals surface area contributed by atoms with Crippen LogP contribution < -0.4 is 5.32 Å². The molecule has 1 atom stereocenters. The minimum absolute atomic E-state index is 0.609. The third-order valence-corrected chi connectivity index (χ3v) is 3.70. The van der Waals surface area contributed by atoms with Crippen LogP contribution in [0, 0.1) is 13.8 Å². The van der Waals surface area contributed by atoms with Crippen molar-refractivity contribution in [3.63, 3.8) is 0 Å². The van der Waals surface area contributed by atoms with Crippen LogP contribution in [0.4, 0.5) is 0 Å². The van der Waals surface area contributed by atoms with Gasteiger partial charge in [-0.15, -0.1) is 0 Å². The van der Waals surface area contributed by atoms with E-state index in [-0.39, 0.29) is 0 Å². The molecule has 0 spiro atoms. The first-order valence-corrected chi connectivity index (χ1v) is 6.58. The molecular weight excluding hydrogens is 214 g/mol. The number of aromatic nitrogens is 1. The van der Waals surface area contributed by atoms with Gasteiger partial charge in [0.25, 0.3) is 0 Å². The number of piperidine rings is 1. The average Bonchev–Trinajstić information content (AvgIpc) is 2.67. The number of aryl methyl sites for hydroxylation is 2. The van der Waals surface area contributed by atoms with E-state index >= 15 is 0 Å². The van der Waals surface area contributed by atoms with Crippen molar-refractivity contribution < 1.29 is 4.52 Å². The Morgan fingerprint density at radius 1 is 1.47 bits per heavy atom. The molecule has 17 heavy (non-hydrogen) atoms.